The number of anilines is 3. The van der Waals surface area contributed by atoms with Crippen LogP contribution in [0.15, 0.2) is 235 Å². The molecule has 3 heterocycles. The third kappa shape index (κ3) is 4.91. The molecule has 1 aliphatic heterocycles. The summed E-state index contributed by atoms with van der Waals surface area (Å²) < 4.78 is 15.6. The maximum absolute atomic E-state index is 6.74. The van der Waals surface area contributed by atoms with E-state index in [1.54, 1.807) is 0 Å². The number of para-hydroxylation sites is 4. The molecule has 13 aromatic rings. The van der Waals surface area contributed by atoms with Crippen LogP contribution >= 0.6 is 0 Å². The van der Waals surface area contributed by atoms with Gasteiger partial charge in [0.2, 0.25) is 0 Å². The standard InChI is InChI=1S/C63H38N2O2/c1-2-17-42-39(15-1)16-13-27-54(42)65-55-26-9-4-19-44(55)45-33-31-41(38-57(45)65)64(40-32-36-59-49(37-40)46-20-5-10-28-58(46)66-59)56-35-34-47-43-18-3-6-22-50(43)63(53-25-14-21-48(56)62(47)53)51-23-7-11-29-60(51)67-61-30-12-8-24-52(61)63/h1-38H. The van der Waals surface area contributed by atoms with Crippen molar-refractivity contribution in [2.75, 3.05) is 4.90 Å². The topological polar surface area (TPSA) is 30.5 Å². The Kier molecular flexibility index (Phi) is 7.40. The van der Waals surface area contributed by atoms with Gasteiger partial charge in [-0.25, -0.2) is 0 Å². The number of furan rings is 1. The Hall–Kier alpha value is -8.86. The largest absolute Gasteiger partial charge is 0.457 e. The van der Waals surface area contributed by atoms with Crippen molar-refractivity contribution in [3.05, 3.63) is 253 Å². The van der Waals surface area contributed by atoms with Gasteiger partial charge in [-0.3, -0.25) is 0 Å². The van der Waals surface area contributed by atoms with E-state index in [0.717, 1.165) is 78.2 Å². The summed E-state index contributed by atoms with van der Waals surface area (Å²) in [4.78, 5) is 2.47. The molecule has 15 rings (SSSR count). The minimum absolute atomic E-state index is 0.634. The fraction of sp³-hybridized carbons (Fsp3) is 0.0159. The highest BCUT2D eigenvalue weighted by atomic mass is 16.5. The summed E-state index contributed by atoms with van der Waals surface area (Å²) >= 11 is 0. The van der Waals surface area contributed by atoms with Crippen LogP contribution in [-0.4, -0.2) is 4.57 Å². The van der Waals surface area contributed by atoms with E-state index in [9.17, 15) is 0 Å². The molecule has 2 aromatic heterocycles. The molecule has 11 aromatic carbocycles. The molecule has 0 radical (unpaired) electrons. The number of rotatable bonds is 4. The van der Waals surface area contributed by atoms with Crippen molar-refractivity contribution in [2.45, 2.75) is 5.41 Å². The van der Waals surface area contributed by atoms with Gasteiger partial charge in [0.25, 0.3) is 0 Å². The Morgan fingerprint density at radius 1 is 0.373 bits per heavy atom. The Labute approximate surface area is 385 Å². The first-order valence-corrected chi connectivity index (χ1v) is 23.0. The van der Waals surface area contributed by atoms with Crippen molar-refractivity contribution in [3.8, 4) is 28.3 Å². The second-order valence-electron chi connectivity index (χ2n) is 17.9. The average Bonchev–Trinajstić information content (AvgIpc) is 3.93. The van der Waals surface area contributed by atoms with E-state index < -0.39 is 5.41 Å². The van der Waals surface area contributed by atoms with Gasteiger partial charge in [-0.2, -0.15) is 0 Å². The molecular weight excluding hydrogens is 817 g/mol. The maximum Gasteiger partial charge on any atom is 0.135 e. The molecule has 0 bridgehead atoms. The van der Waals surface area contributed by atoms with Crippen LogP contribution in [0.4, 0.5) is 17.1 Å². The van der Waals surface area contributed by atoms with Crippen LogP contribution in [0.25, 0.3) is 82.1 Å². The van der Waals surface area contributed by atoms with E-state index in [-0.39, 0.29) is 0 Å². The van der Waals surface area contributed by atoms with E-state index >= 15 is 0 Å². The van der Waals surface area contributed by atoms with Crippen molar-refractivity contribution in [3.63, 3.8) is 0 Å². The van der Waals surface area contributed by atoms with Gasteiger partial charge < -0.3 is 18.6 Å². The van der Waals surface area contributed by atoms with Gasteiger partial charge in [0.15, 0.2) is 0 Å². The lowest BCUT2D eigenvalue weighted by Gasteiger charge is -2.45. The molecule has 1 spiro atoms. The van der Waals surface area contributed by atoms with Crippen LogP contribution in [0, 0.1) is 0 Å². The molecular formula is C63H38N2O2. The lowest BCUT2D eigenvalue weighted by atomic mass is 9.58. The van der Waals surface area contributed by atoms with Crippen LogP contribution in [-0.2, 0) is 5.41 Å². The zero-order chi connectivity index (χ0) is 43.8. The summed E-state index contributed by atoms with van der Waals surface area (Å²) in [5.74, 6) is 1.76. The highest BCUT2D eigenvalue weighted by Gasteiger charge is 2.49. The molecule has 4 heteroatoms. The van der Waals surface area contributed by atoms with Crippen molar-refractivity contribution < 1.29 is 9.15 Å². The molecule has 4 nitrogen and oxygen atoms in total. The predicted molar refractivity (Wildman–Crippen MR) is 275 cm³/mol. The van der Waals surface area contributed by atoms with Gasteiger partial charge in [-0.15, -0.1) is 0 Å². The molecule has 0 unspecified atom stereocenters. The number of aromatic nitrogens is 1. The highest BCUT2D eigenvalue weighted by molar-refractivity contribution is 6.15. The lowest BCUT2D eigenvalue weighted by Crippen LogP contribution is -2.36. The number of ether oxygens (including phenoxy) is 1. The van der Waals surface area contributed by atoms with Gasteiger partial charge >= 0.3 is 0 Å². The summed E-state index contributed by atoms with van der Waals surface area (Å²) in [6.07, 6.45) is 0. The maximum atomic E-state index is 6.74. The number of benzene rings is 11. The van der Waals surface area contributed by atoms with Gasteiger partial charge in [-0.05, 0) is 99.8 Å². The van der Waals surface area contributed by atoms with E-state index in [4.69, 9.17) is 9.15 Å². The normalized spacial score (nSPS) is 13.3. The number of fused-ring (bicyclic) bond motifs is 15. The highest BCUT2D eigenvalue weighted by Crippen LogP contribution is 2.62. The molecule has 0 atom stereocenters. The monoisotopic (exact) mass is 854 g/mol. The molecule has 2 aliphatic rings. The van der Waals surface area contributed by atoms with Gasteiger partial charge in [0.05, 0.1) is 27.8 Å². The number of hydrogen-bond acceptors (Lipinski definition) is 3. The summed E-state index contributed by atoms with van der Waals surface area (Å²) in [6.45, 7) is 0. The molecule has 0 N–H and O–H groups in total. The first-order chi connectivity index (χ1) is 33.2. The minimum atomic E-state index is -0.634. The molecule has 0 saturated heterocycles. The van der Waals surface area contributed by atoms with Crippen LogP contribution in [0.2, 0.25) is 0 Å². The van der Waals surface area contributed by atoms with Crippen LogP contribution in [0.5, 0.6) is 11.5 Å². The van der Waals surface area contributed by atoms with Crippen molar-refractivity contribution in [1.82, 2.24) is 4.57 Å². The summed E-state index contributed by atoms with van der Waals surface area (Å²) in [5.41, 5.74) is 15.0. The fourth-order valence-electron chi connectivity index (χ4n) is 11.9. The van der Waals surface area contributed by atoms with E-state index in [1.165, 1.54) is 54.7 Å². The first kappa shape index (κ1) is 36.5. The molecule has 1 aliphatic carbocycles. The molecule has 0 amide bonds. The Morgan fingerprint density at radius 3 is 1.85 bits per heavy atom. The SMILES string of the molecule is c1ccc2c(c1)Oc1ccccc1C21c2ccccc2-c2ccc(N(c3ccc4oc5ccccc5c4c3)c3ccc4c5ccccc5n(-c5cccc6ccccc56)c4c3)c3cccc1c23. The smallest absolute Gasteiger partial charge is 0.135 e. The molecule has 0 fully saturated rings. The Morgan fingerprint density at radius 2 is 0.985 bits per heavy atom. The van der Waals surface area contributed by atoms with Crippen LogP contribution in [0.3, 0.4) is 0 Å². The quantitative estimate of drug-likeness (QED) is 0.177. The molecule has 312 valence electrons. The van der Waals surface area contributed by atoms with Crippen molar-refractivity contribution >= 4 is 82.4 Å². The number of nitrogens with zero attached hydrogens (tertiary/aromatic N) is 2. The second-order valence-corrected chi connectivity index (χ2v) is 17.9. The summed E-state index contributed by atoms with van der Waals surface area (Å²) in [5, 5.41) is 9.41. The Balaban J connectivity index is 1.05. The van der Waals surface area contributed by atoms with Gasteiger partial charge in [-0.1, -0.05) is 164 Å². The zero-order valence-corrected chi connectivity index (χ0v) is 36.2. The molecule has 67 heavy (non-hydrogen) atoms. The van der Waals surface area contributed by atoms with Gasteiger partial charge in [0.1, 0.15) is 22.7 Å². The van der Waals surface area contributed by atoms with Crippen molar-refractivity contribution in [2.24, 2.45) is 0 Å². The van der Waals surface area contributed by atoms with E-state index in [0.29, 0.717) is 0 Å². The van der Waals surface area contributed by atoms with Crippen molar-refractivity contribution in [1.29, 1.82) is 0 Å². The third-order valence-corrected chi connectivity index (χ3v) is 14.6. The summed E-state index contributed by atoms with van der Waals surface area (Å²) in [6, 6.07) is 84.0. The predicted octanol–water partition coefficient (Wildman–Crippen LogP) is 16.9. The van der Waals surface area contributed by atoms with Crippen LogP contribution in [0.1, 0.15) is 22.3 Å². The van der Waals surface area contributed by atoms with E-state index in [2.05, 4.69) is 234 Å². The fourth-order valence-corrected chi connectivity index (χ4v) is 11.9. The second kappa shape index (κ2) is 13.6. The minimum Gasteiger partial charge on any atom is -0.457 e. The summed E-state index contributed by atoms with van der Waals surface area (Å²) in [7, 11) is 0. The lowest BCUT2D eigenvalue weighted by molar-refractivity contribution is 0.435. The van der Waals surface area contributed by atoms with Gasteiger partial charge in [0, 0.05) is 54.8 Å². The number of hydrogen-bond donors (Lipinski definition) is 0. The van der Waals surface area contributed by atoms with Crippen LogP contribution < -0.4 is 9.64 Å². The average molecular weight is 855 g/mol. The Bertz CT molecular complexity index is 4180. The molecule has 0 saturated carbocycles. The first-order valence-electron chi connectivity index (χ1n) is 23.0. The third-order valence-electron chi connectivity index (χ3n) is 14.6. The van der Waals surface area contributed by atoms with E-state index in [1.807, 2.05) is 6.07 Å². The zero-order valence-electron chi connectivity index (χ0n) is 36.2.